The average molecular weight is 393 g/mol. The molecule has 0 aliphatic heterocycles. The number of halogens is 1. The second-order valence-electron chi connectivity index (χ2n) is 8.23. The second-order valence-corrected chi connectivity index (χ2v) is 8.83. The predicted octanol–water partition coefficient (Wildman–Crippen LogP) is 4.54. The Labute approximate surface area is 166 Å². The monoisotopic (exact) mass is 392 g/mol. The van der Waals surface area contributed by atoms with Gasteiger partial charge in [-0.15, -0.1) is 0 Å². The first-order valence-corrected chi connectivity index (χ1v) is 10.2. The molecule has 1 aromatic carbocycles. The van der Waals surface area contributed by atoms with Crippen LogP contribution in [-0.4, -0.2) is 30.3 Å². The molecule has 1 aromatic rings. The summed E-state index contributed by atoms with van der Waals surface area (Å²) in [7, 11) is 1.71. The first-order chi connectivity index (χ1) is 12.7. The van der Waals surface area contributed by atoms with Crippen LogP contribution in [0.1, 0.15) is 69.6 Å². The van der Waals surface area contributed by atoms with E-state index in [-0.39, 0.29) is 30.1 Å². The highest BCUT2D eigenvalue weighted by atomic mass is 35.5. The van der Waals surface area contributed by atoms with Crippen molar-refractivity contribution in [1.29, 1.82) is 0 Å². The molecule has 0 unspecified atom stereocenters. The zero-order valence-electron chi connectivity index (χ0n) is 16.9. The van der Waals surface area contributed by atoms with Gasteiger partial charge in [-0.25, -0.2) is 4.79 Å². The number of carbonyl (C=O) groups excluding carboxylic acids is 2. The lowest BCUT2D eigenvalue weighted by molar-refractivity contribution is -0.155. The zero-order chi connectivity index (χ0) is 20.0. The Hall–Kier alpha value is -1.55. The normalized spacial score (nSPS) is 29.9. The Kier molecular flexibility index (Phi) is 5.33. The molecule has 3 rings (SSSR count). The van der Waals surface area contributed by atoms with Crippen molar-refractivity contribution in [2.45, 2.75) is 69.6 Å². The van der Waals surface area contributed by atoms with Crippen molar-refractivity contribution in [3.05, 3.63) is 28.8 Å². The molecule has 0 radical (unpaired) electrons. The third-order valence-corrected chi connectivity index (χ3v) is 7.14. The Morgan fingerprint density at radius 3 is 2.63 bits per heavy atom. The summed E-state index contributed by atoms with van der Waals surface area (Å²) >= 11 is 6.78. The maximum Gasteiger partial charge on any atom is 0.335 e. The summed E-state index contributed by atoms with van der Waals surface area (Å²) in [5.41, 5.74) is 3.17. The Morgan fingerprint density at radius 2 is 2.04 bits per heavy atom. The number of benzene rings is 1. The summed E-state index contributed by atoms with van der Waals surface area (Å²) in [4.78, 5) is 23.9. The lowest BCUT2D eigenvalue weighted by Gasteiger charge is -2.52. The van der Waals surface area contributed by atoms with E-state index in [0.717, 1.165) is 17.7 Å². The number of ether oxygens (including phenoxy) is 2. The molecule has 0 bridgehead atoms. The van der Waals surface area contributed by atoms with E-state index >= 15 is 0 Å². The van der Waals surface area contributed by atoms with Gasteiger partial charge in [0.2, 0.25) is 4.87 Å². The molecule has 0 N–H and O–H groups in total. The average Bonchev–Trinajstić information content (AvgIpc) is 2.64. The highest BCUT2D eigenvalue weighted by Gasteiger charge is 2.62. The van der Waals surface area contributed by atoms with Crippen molar-refractivity contribution >= 4 is 23.4 Å². The maximum absolute atomic E-state index is 12.8. The summed E-state index contributed by atoms with van der Waals surface area (Å²) in [6, 6.07) is 4.27. The lowest BCUT2D eigenvalue weighted by atomic mass is 9.54. The number of Topliss-reactive ketones (excluding diaryl/α,β-unsaturated/α-hetero) is 1. The molecule has 0 aromatic heterocycles. The highest BCUT2D eigenvalue weighted by molar-refractivity contribution is 6.46. The van der Waals surface area contributed by atoms with Gasteiger partial charge in [0, 0.05) is 12.3 Å². The van der Waals surface area contributed by atoms with Crippen molar-refractivity contribution in [1.82, 2.24) is 0 Å². The van der Waals surface area contributed by atoms with Crippen LogP contribution in [0.25, 0.3) is 0 Å². The molecular weight excluding hydrogens is 364 g/mol. The van der Waals surface area contributed by atoms with Crippen LogP contribution >= 0.6 is 11.6 Å². The fourth-order valence-corrected chi connectivity index (χ4v) is 5.61. The van der Waals surface area contributed by atoms with E-state index in [0.29, 0.717) is 18.8 Å². The van der Waals surface area contributed by atoms with E-state index in [1.165, 1.54) is 11.1 Å². The molecule has 27 heavy (non-hydrogen) atoms. The van der Waals surface area contributed by atoms with Crippen molar-refractivity contribution in [2.75, 3.05) is 13.7 Å². The van der Waals surface area contributed by atoms with E-state index in [1.54, 1.807) is 14.0 Å². The fourth-order valence-electron chi connectivity index (χ4n) is 5.11. The van der Waals surface area contributed by atoms with Crippen molar-refractivity contribution in [3.8, 4) is 5.75 Å². The molecule has 1 saturated carbocycles. The number of ketones is 1. The van der Waals surface area contributed by atoms with Crippen molar-refractivity contribution < 1.29 is 19.1 Å². The van der Waals surface area contributed by atoms with Crippen LogP contribution in [0.2, 0.25) is 0 Å². The minimum Gasteiger partial charge on any atom is -0.496 e. The largest absolute Gasteiger partial charge is 0.496 e. The number of carbonyl (C=O) groups is 2. The van der Waals surface area contributed by atoms with E-state index in [2.05, 4.69) is 32.9 Å². The molecule has 5 heteroatoms. The summed E-state index contributed by atoms with van der Waals surface area (Å²) in [6.07, 6.45) is 2.36. The van der Waals surface area contributed by atoms with Gasteiger partial charge in [-0.2, -0.15) is 0 Å². The minimum absolute atomic E-state index is 0.209. The molecule has 0 heterocycles. The summed E-state index contributed by atoms with van der Waals surface area (Å²) < 4.78 is 11.0. The number of alkyl halides is 1. The van der Waals surface area contributed by atoms with Crippen LogP contribution in [0.4, 0.5) is 0 Å². The van der Waals surface area contributed by atoms with Gasteiger partial charge in [0.1, 0.15) is 5.75 Å². The number of rotatable bonds is 4. The van der Waals surface area contributed by atoms with Crippen molar-refractivity contribution in [3.63, 3.8) is 0 Å². The third-order valence-electron chi connectivity index (χ3n) is 6.51. The van der Waals surface area contributed by atoms with Gasteiger partial charge in [-0.1, -0.05) is 44.5 Å². The number of methoxy groups -OCH3 is 1. The SMILES string of the molecule is CCOC(=O)[C@@]1(Cl)C(=O)CC[C@]2(C)c3ccc(C(C)C)c(OC)c3CC[C@@H]12. The Bertz CT molecular complexity index is 772. The maximum atomic E-state index is 12.8. The molecule has 0 amide bonds. The zero-order valence-corrected chi connectivity index (χ0v) is 17.6. The third kappa shape index (κ3) is 2.88. The van der Waals surface area contributed by atoms with E-state index in [1.807, 2.05) is 0 Å². The molecule has 0 saturated heterocycles. The summed E-state index contributed by atoms with van der Waals surface area (Å²) in [5.74, 6) is 0.209. The van der Waals surface area contributed by atoms with E-state index in [9.17, 15) is 9.59 Å². The minimum atomic E-state index is -1.59. The quantitative estimate of drug-likeness (QED) is 0.428. The first-order valence-electron chi connectivity index (χ1n) is 9.81. The molecule has 2 aliphatic rings. The first kappa shape index (κ1) is 20.2. The standard InChI is InChI=1S/C22H29ClO4/c1-6-27-20(25)22(23)17-10-8-15-16(21(17,4)12-11-18(22)24)9-7-14(13(2)3)19(15)26-5/h7,9,13,17H,6,8,10-12H2,1-5H3/t17-,21-,22+/m1/s1. The fraction of sp³-hybridized carbons (Fsp3) is 0.636. The smallest absolute Gasteiger partial charge is 0.335 e. The van der Waals surface area contributed by atoms with E-state index < -0.39 is 10.8 Å². The van der Waals surface area contributed by atoms with Gasteiger partial charge in [0.25, 0.3) is 0 Å². The summed E-state index contributed by atoms with van der Waals surface area (Å²) in [6.45, 7) is 8.39. The molecule has 148 valence electrons. The lowest BCUT2D eigenvalue weighted by Crippen LogP contribution is -2.60. The predicted molar refractivity (Wildman–Crippen MR) is 106 cm³/mol. The highest BCUT2D eigenvalue weighted by Crippen LogP contribution is 2.57. The van der Waals surface area contributed by atoms with Crippen LogP contribution in [-0.2, 0) is 26.2 Å². The molecular formula is C22H29ClO4. The molecule has 2 aliphatic carbocycles. The molecule has 0 spiro atoms. The van der Waals surface area contributed by atoms with E-state index in [4.69, 9.17) is 21.1 Å². The van der Waals surface area contributed by atoms with Gasteiger partial charge in [0.05, 0.1) is 13.7 Å². The molecule has 3 atom stereocenters. The van der Waals surface area contributed by atoms with Crippen LogP contribution in [0.3, 0.4) is 0 Å². The van der Waals surface area contributed by atoms with Crippen LogP contribution < -0.4 is 4.74 Å². The van der Waals surface area contributed by atoms with Gasteiger partial charge in [-0.3, -0.25) is 4.79 Å². The van der Waals surface area contributed by atoms with Gasteiger partial charge < -0.3 is 9.47 Å². The van der Waals surface area contributed by atoms with Gasteiger partial charge in [0.15, 0.2) is 5.78 Å². The number of hydrogen-bond acceptors (Lipinski definition) is 4. The Morgan fingerprint density at radius 1 is 1.33 bits per heavy atom. The van der Waals surface area contributed by atoms with Crippen LogP contribution in [0.15, 0.2) is 12.1 Å². The Balaban J connectivity index is 2.14. The summed E-state index contributed by atoms with van der Waals surface area (Å²) in [5, 5.41) is 0. The second kappa shape index (κ2) is 7.12. The molecule has 1 fully saturated rings. The van der Waals surface area contributed by atoms with Crippen molar-refractivity contribution in [2.24, 2.45) is 5.92 Å². The van der Waals surface area contributed by atoms with Crippen LogP contribution in [0.5, 0.6) is 5.75 Å². The molecule has 4 nitrogen and oxygen atoms in total. The number of esters is 1. The number of hydrogen-bond donors (Lipinski definition) is 0. The number of fused-ring (bicyclic) bond motifs is 3. The van der Waals surface area contributed by atoms with Gasteiger partial charge >= 0.3 is 5.97 Å². The topological polar surface area (TPSA) is 52.6 Å². The van der Waals surface area contributed by atoms with Crippen LogP contribution in [0, 0.1) is 5.92 Å². The van der Waals surface area contributed by atoms with Gasteiger partial charge in [-0.05, 0) is 54.2 Å².